The van der Waals surface area contributed by atoms with Gasteiger partial charge in [-0.1, -0.05) is 19.9 Å². The Bertz CT molecular complexity index is 854. The number of nitrogens with one attached hydrogen (secondary N) is 2. The molecule has 1 aromatic heterocycles. The molecule has 1 aliphatic rings. The van der Waals surface area contributed by atoms with Gasteiger partial charge in [-0.05, 0) is 30.2 Å². The Hall–Kier alpha value is -3.09. The van der Waals surface area contributed by atoms with Gasteiger partial charge in [-0.3, -0.25) is 14.7 Å². The molecule has 0 fully saturated rings. The lowest BCUT2D eigenvalue weighted by Crippen LogP contribution is -2.24. The molecule has 136 valence electrons. The van der Waals surface area contributed by atoms with Gasteiger partial charge in [0.05, 0.1) is 7.11 Å². The van der Waals surface area contributed by atoms with Gasteiger partial charge in [0.25, 0.3) is 11.8 Å². The minimum atomic E-state index is -0.230. The van der Waals surface area contributed by atoms with Gasteiger partial charge in [-0.2, -0.15) is 5.10 Å². The van der Waals surface area contributed by atoms with Crippen LogP contribution in [0.4, 0.5) is 0 Å². The van der Waals surface area contributed by atoms with Crippen molar-refractivity contribution in [3.63, 3.8) is 0 Å². The lowest BCUT2D eigenvalue weighted by atomic mass is 10.1. The van der Waals surface area contributed by atoms with Crippen molar-refractivity contribution in [2.75, 3.05) is 13.7 Å². The van der Waals surface area contributed by atoms with E-state index in [0.717, 1.165) is 5.69 Å². The molecule has 0 atom stereocenters. The zero-order valence-electron chi connectivity index (χ0n) is 15.1. The summed E-state index contributed by atoms with van der Waals surface area (Å²) in [5, 5.41) is 9.82. The van der Waals surface area contributed by atoms with Gasteiger partial charge in [0, 0.05) is 36.1 Å². The molecule has 0 spiro atoms. The fraction of sp³-hybridized carbons (Fsp3) is 0.316. The Morgan fingerprint density at radius 1 is 1.31 bits per heavy atom. The number of H-pyrrole nitrogens is 1. The van der Waals surface area contributed by atoms with Crippen LogP contribution in [0.2, 0.25) is 0 Å². The number of aromatic amines is 1. The van der Waals surface area contributed by atoms with Crippen LogP contribution in [0.15, 0.2) is 42.2 Å². The van der Waals surface area contributed by atoms with Gasteiger partial charge < -0.3 is 15.0 Å². The van der Waals surface area contributed by atoms with Crippen LogP contribution in [0.1, 0.15) is 52.7 Å². The van der Waals surface area contributed by atoms with Crippen molar-refractivity contribution in [2.24, 2.45) is 0 Å². The number of hydrogen-bond acceptors (Lipinski definition) is 4. The monoisotopic (exact) mass is 354 g/mol. The van der Waals surface area contributed by atoms with Gasteiger partial charge in [0.15, 0.2) is 5.69 Å². The number of carbonyl (C=O) groups is 2. The Labute approximate surface area is 152 Å². The number of methoxy groups -OCH3 is 1. The summed E-state index contributed by atoms with van der Waals surface area (Å²) in [6.45, 7) is 4.57. The molecule has 7 heteroatoms. The molecule has 2 N–H and O–H groups in total. The first-order chi connectivity index (χ1) is 12.5. The predicted octanol–water partition coefficient (Wildman–Crippen LogP) is 2.66. The first-order valence-electron chi connectivity index (χ1n) is 8.50. The number of ether oxygens (including phenoxy) is 1. The molecular formula is C19H22N4O3. The molecular weight excluding hydrogens is 332 g/mol. The summed E-state index contributed by atoms with van der Waals surface area (Å²) >= 11 is 0. The quantitative estimate of drug-likeness (QED) is 0.864. The normalized spacial score (nSPS) is 13.7. The summed E-state index contributed by atoms with van der Waals surface area (Å²) < 4.78 is 5.13. The van der Waals surface area contributed by atoms with E-state index >= 15 is 0 Å². The topological polar surface area (TPSA) is 87.3 Å². The van der Waals surface area contributed by atoms with Crippen molar-refractivity contribution >= 4 is 11.8 Å². The van der Waals surface area contributed by atoms with Gasteiger partial charge in [0.1, 0.15) is 5.75 Å². The second-order valence-corrected chi connectivity index (χ2v) is 6.45. The van der Waals surface area contributed by atoms with E-state index < -0.39 is 0 Å². The summed E-state index contributed by atoms with van der Waals surface area (Å²) in [6, 6.07) is 8.70. The number of rotatable bonds is 5. The van der Waals surface area contributed by atoms with Crippen LogP contribution < -0.4 is 10.1 Å². The van der Waals surface area contributed by atoms with Crippen molar-refractivity contribution in [2.45, 2.75) is 26.2 Å². The highest BCUT2D eigenvalue weighted by Gasteiger charge is 2.23. The van der Waals surface area contributed by atoms with E-state index in [1.165, 1.54) is 0 Å². The van der Waals surface area contributed by atoms with E-state index in [1.807, 2.05) is 13.8 Å². The molecule has 2 amide bonds. The summed E-state index contributed by atoms with van der Waals surface area (Å²) in [5.41, 5.74) is 2.50. The average molecular weight is 354 g/mol. The average Bonchev–Trinajstić information content (AvgIpc) is 3.31. The number of hydrogen-bond donors (Lipinski definition) is 2. The Morgan fingerprint density at radius 2 is 2.12 bits per heavy atom. The molecule has 0 saturated heterocycles. The number of carbonyl (C=O) groups excluding carboxylic acids is 2. The van der Waals surface area contributed by atoms with Crippen LogP contribution in [0.5, 0.6) is 5.75 Å². The molecule has 1 aromatic carbocycles. The summed E-state index contributed by atoms with van der Waals surface area (Å²) in [4.78, 5) is 26.5. The number of aromatic nitrogens is 2. The predicted molar refractivity (Wildman–Crippen MR) is 96.9 cm³/mol. The van der Waals surface area contributed by atoms with Gasteiger partial charge in [-0.15, -0.1) is 0 Å². The van der Waals surface area contributed by atoms with E-state index in [-0.39, 0.29) is 17.7 Å². The fourth-order valence-electron chi connectivity index (χ4n) is 2.68. The zero-order valence-corrected chi connectivity index (χ0v) is 15.1. The molecule has 0 saturated carbocycles. The summed E-state index contributed by atoms with van der Waals surface area (Å²) in [5.74, 6) is 0.482. The lowest BCUT2D eigenvalue weighted by Gasteiger charge is -2.10. The molecule has 1 aliphatic heterocycles. The minimum absolute atomic E-state index is 0.182. The molecule has 3 rings (SSSR count). The van der Waals surface area contributed by atoms with Crippen molar-refractivity contribution in [3.05, 3.63) is 59.2 Å². The maximum atomic E-state index is 12.5. The van der Waals surface area contributed by atoms with E-state index in [4.69, 9.17) is 4.74 Å². The Balaban J connectivity index is 1.67. The van der Waals surface area contributed by atoms with Crippen LogP contribution in [-0.4, -0.2) is 40.6 Å². The smallest absolute Gasteiger partial charge is 0.278 e. The van der Waals surface area contributed by atoms with Crippen molar-refractivity contribution in [1.82, 2.24) is 20.4 Å². The van der Waals surface area contributed by atoms with Crippen molar-refractivity contribution in [1.29, 1.82) is 0 Å². The van der Waals surface area contributed by atoms with Gasteiger partial charge in [-0.25, -0.2) is 0 Å². The third-order valence-electron chi connectivity index (χ3n) is 4.24. The molecule has 26 heavy (non-hydrogen) atoms. The fourth-order valence-corrected chi connectivity index (χ4v) is 2.68. The minimum Gasteiger partial charge on any atom is -0.497 e. The van der Waals surface area contributed by atoms with Crippen LogP contribution in [0.25, 0.3) is 0 Å². The number of amides is 2. The van der Waals surface area contributed by atoms with Crippen LogP contribution in [0, 0.1) is 0 Å². The number of nitrogens with zero attached hydrogens (tertiary/aromatic N) is 2. The number of benzene rings is 1. The molecule has 7 nitrogen and oxygen atoms in total. The second-order valence-electron chi connectivity index (χ2n) is 6.45. The first-order valence-corrected chi connectivity index (χ1v) is 8.50. The zero-order chi connectivity index (χ0) is 18.7. The highest BCUT2D eigenvalue weighted by molar-refractivity contribution is 5.96. The molecule has 0 aliphatic carbocycles. The summed E-state index contributed by atoms with van der Waals surface area (Å²) in [7, 11) is 1.56. The molecule has 2 aromatic rings. The van der Waals surface area contributed by atoms with Crippen LogP contribution >= 0.6 is 0 Å². The van der Waals surface area contributed by atoms with Crippen molar-refractivity contribution < 1.29 is 14.3 Å². The summed E-state index contributed by atoms with van der Waals surface area (Å²) in [6.07, 6.45) is 2.26. The van der Waals surface area contributed by atoms with Crippen LogP contribution in [-0.2, 0) is 0 Å². The second kappa shape index (κ2) is 7.43. The maximum absolute atomic E-state index is 12.5. The highest BCUT2D eigenvalue weighted by Crippen LogP contribution is 2.18. The Morgan fingerprint density at radius 3 is 2.81 bits per heavy atom. The molecule has 2 heterocycles. The molecule has 0 unspecified atom stereocenters. The van der Waals surface area contributed by atoms with Gasteiger partial charge >= 0.3 is 0 Å². The molecule has 0 bridgehead atoms. The highest BCUT2D eigenvalue weighted by atomic mass is 16.5. The van der Waals surface area contributed by atoms with Crippen LogP contribution in [0.3, 0.4) is 0 Å². The van der Waals surface area contributed by atoms with E-state index in [9.17, 15) is 9.59 Å². The van der Waals surface area contributed by atoms with Crippen molar-refractivity contribution in [3.8, 4) is 5.75 Å². The maximum Gasteiger partial charge on any atom is 0.278 e. The third-order valence-corrected chi connectivity index (χ3v) is 4.24. The van der Waals surface area contributed by atoms with E-state index in [1.54, 1.807) is 48.5 Å². The lowest BCUT2D eigenvalue weighted by molar-refractivity contribution is 0.0827. The standard InChI is InChI=1S/C19H22N4O3/c1-12(2)16-10-17(22-21-16)19(25)23-8-7-14(11-23)20-18(24)13-5-4-6-15(9-13)26-3/h4-6,9-12H,7-8H2,1-3H3,(H,20,24)(H,21,22). The largest absolute Gasteiger partial charge is 0.497 e. The van der Waals surface area contributed by atoms with E-state index in [2.05, 4.69) is 15.5 Å². The van der Waals surface area contributed by atoms with E-state index in [0.29, 0.717) is 35.7 Å². The Kier molecular flexibility index (Phi) is 5.06. The third kappa shape index (κ3) is 3.77. The van der Waals surface area contributed by atoms with Gasteiger partial charge in [0.2, 0.25) is 0 Å². The molecule has 0 radical (unpaired) electrons. The SMILES string of the molecule is COc1cccc(C(=O)NC2=CN(C(=O)c3cc(C(C)C)[nH]n3)CC2)c1. The first kappa shape index (κ1) is 17.7.